The van der Waals surface area contributed by atoms with Crippen LogP contribution >= 0.6 is 12.4 Å². The zero-order valence-corrected chi connectivity index (χ0v) is 9.91. The minimum Gasteiger partial charge on any atom is -0.384 e. The maximum Gasteiger partial charge on any atom is 0.165 e. The molecule has 0 saturated carbocycles. The number of nitrogens with one attached hydrogen (secondary N) is 1. The van der Waals surface area contributed by atoms with Crippen LogP contribution in [0.4, 0.5) is 5.69 Å². The number of Topliss-reactive ketones (excluding diaryl/α,β-unsaturated/α-hetero) is 1. The molecule has 1 N–H and O–H groups in total. The van der Waals surface area contributed by atoms with Crippen LogP contribution in [0.2, 0.25) is 0 Å². The number of halogens is 1. The van der Waals surface area contributed by atoms with E-state index in [0.717, 1.165) is 24.2 Å². The second-order valence-corrected chi connectivity index (χ2v) is 3.96. The van der Waals surface area contributed by atoms with Crippen molar-refractivity contribution in [2.45, 2.75) is 26.7 Å². The molecule has 0 amide bonds. The second kappa shape index (κ2) is 4.67. The first-order chi connectivity index (χ1) is 6.68. The van der Waals surface area contributed by atoms with Gasteiger partial charge in [0.05, 0.1) is 0 Å². The normalized spacial score (nSPS) is 14.7. The van der Waals surface area contributed by atoms with Crippen molar-refractivity contribution in [3.8, 4) is 0 Å². The molecule has 1 aliphatic heterocycles. The van der Waals surface area contributed by atoms with Crippen LogP contribution in [0.25, 0.3) is 0 Å². The molecule has 2 nitrogen and oxygen atoms in total. The Balaban J connectivity index is 0.00000112. The first kappa shape index (κ1) is 12.1. The van der Waals surface area contributed by atoms with Gasteiger partial charge in [0.2, 0.25) is 0 Å². The van der Waals surface area contributed by atoms with Crippen molar-refractivity contribution < 1.29 is 4.79 Å². The van der Waals surface area contributed by atoms with Gasteiger partial charge in [-0.1, -0.05) is 6.07 Å². The van der Waals surface area contributed by atoms with Gasteiger partial charge in [0, 0.05) is 24.2 Å². The fourth-order valence-electron chi connectivity index (χ4n) is 2.02. The molecule has 1 aromatic rings. The first-order valence-corrected chi connectivity index (χ1v) is 5.07. The van der Waals surface area contributed by atoms with E-state index in [0.29, 0.717) is 6.42 Å². The zero-order chi connectivity index (χ0) is 10.1. The Morgan fingerprint density at radius 3 is 2.73 bits per heavy atom. The summed E-state index contributed by atoms with van der Waals surface area (Å²) in [5.74, 6) is 0.275. The van der Waals surface area contributed by atoms with Gasteiger partial charge < -0.3 is 5.32 Å². The van der Waals surface area contributed by atoms with Crippen LogP contribution in [-0.4, -0.2) is 12.3 Å². The summed E-state index contributed by atoms with van der Waals surface area (Å²) in [6.07, 6.45) is 1.61. The van der Waals surface area contributed by atoms with E-state index in [4.69, 9.17) is 0 Å². The molecule has 0 fully saturated rings. The molecular weight excluding hydrogens is 210 g/mol. The highest BCUT2D eigenvalue weighted by atomic mass is 35.5. The Kier molecular flexibility index (Phi) is 3.75. The van der Waals surface area contributed by atoms with E-state index >= 15 is 0 Å². The quantitative estimate of drug-likeness (QED) is 0.735. The van der Waals surface area contributed by atoms with Crippen LogP contribution in [0.5, 0.6) is 0 Å². The summed E-state index contributed by atoms with van der Waals surface area (Å²) < 4.78 is 0. The fourth-order valence-corrected chi connectivity index (χ4v) is 2.02. The van der Waals surface area contributed by atoms with Crippen molar-refractivity contribution in [2.24, 2.45) is 0 Å². The van der Waals surface area contributed by atoms with Gasteiger partial charge in [0.25, 0.3) is 0 Å². The summed E-state index contributed by atoms with van der Waals surface area (Å²) in [4.78, 5) is 11.8. The molecule has 1 aromatic carbocycles. The lowest BCUT2D eigenvalue weighted by Gasteiger charge is -2.11. The molecule has 0 aromatic heterocycles. The van der Waals surface area contributed by atoms with E-state index < -0.39 is 0 Å². The Bertz CT molecular complexity index is 387. The van der Waals surface area contributed by atoms with Gasteiger partial charge in [-0.15, -0.1) is 12.4 Å². The van der Waals surface area contributed by atoms with E-state index in [2.05, 4.69) is 18.3 Å². The van der Waals surface area contributed by atoms with Crippen LogP contribution in [0, 0.1) is 13.8 Å². The molecule has 0 saturated heterocycles. The lowest BCUT2D eigenvalue weighted by atomic mass is 10.0. The van der Waals surface area contributed by atoms with E-state index in [1.165, 1.54) is 11.1 Å². The van der Waals surface area contributed by atoms with E-state index in [-0.39, 0.29) is 18.2 Å². The highest BCUT2D eigenvalue weighted by Crippen LogP contribution is 2.26. The smallest absolute Gasteiger partial charge is 0.165 e. The summed E-state index contributed by atoms with van der Waals surface area (Å²) in [6, 6.07) is 4.10. The van der Waals surface area contributed by atoms with Crippen LogP contribution in [0.15, 0.2) is 12.1 Å². The lowest BCUT2D eigenvalue weighted by Crippen LogP contribution is -2.03. The van der Waals surface area contributed by atoms with Gasteiger partial charge in [0.15, 0.2) is 5.78 Å². The average molecular weight is 226 g/mol. The zero-order valence-electron chi connectivity index (χ0n) is 9.09. The van der Waals surface area contributed by atoms with Gasteiger partial charge in [-0.25, -0.2) is 0 Å². The number of aryl methyl sites for hydroxylation is 2. The lowest BCUT2D eigenvalue weighted by molar-refractivity contribution is 0.0983. The number of hydrogen-bond donors (Lipinski definition) is 1. The number of fused-ring (bicyclic) bond motifs is 1. The molecule has 0 radical (unpaired) electrons. The molecule has 0 spiro atoms. The highest BCUT2D eigenvalue weighted by Gasteiger charge is 2.16. The number of benzene rings is 1. The molecule has 0 atom stereocenters. The standard InChI is InChI=1S/C12H15NO.ClH/c1-8-6-9(2)12-10(7-8)11(14)4-3-5-13-12;/h6-7,13H,3-5H2,1-2H3;1H. The number of hydrogen-bond acceptors (Lipinski definition) is 2. The molecule has 0 unspecified atom stereocenters. The van der Waals surface area contributed by atoms with Crippen LogP contribution < -0.4 is 5.32 Å². The largest absolute Gasteiger partial charge is 0.384 e. The Hall–Kier alpha value is -1.02. The predicted molar refractivity (Wildman–Crippen MR) is 65.2 cm³/mol. The third-order valence-corrected chi connectivity index (χ3v) is 2.66. The summed E-state index contributed by atoms with van der Waals surface area (Å²) >= 11 is 0. The van der Waals surface area contributed by atoms with E-state index in [1.807, 2.05) is 13.0 Å². The highest BCUT2D eigenvalue weighted by molar-refractivity contribution is 6.02. The monoisotopic (exact) mass is 225 g/mol. The van der Waals surface area contributed by atoms with Crippen LogP contribution in [-0.2, 0) is 0 Å². The SMILES string of the molecule is Cc1cc(C)c2c(c1)C(=O)CCCN2.Cl. The first-order valence-electron chi connectivity index (χ1n) is 5.07. The van der Waals surface area contributed by atoms with Crippen molar-refractivity contribution >= 4 is 23.9 Å². The summed E-state index contributed by atoms with van der Waals surface area (Å²) in [6.45, 7) is 4.99. The summed E-state index contributed by atoms with van der Waals surface area (Å²) in [5.41, 5.74) is 4.26. The predicted octanol–water partition coefficient (Wildman–Crippen LogP) is 3.11. The number of ketones is 1. The Morgan fingerprint density at radius 2 is 2.00 bits per heavy atom. The van der Waals surface area contributed by atoms with Crippen molar-refractivity contribution in [1.29, 1.82) is 0 Å². The van der Waals surface area contributed by atoms with Gasteiger partial charge in [-0.05, 0) is 37.5 Å². The maximum absolute atomic E-state index is 11.8. The van der Waals surface area contributed by atoms with Crippen LogP contribution in [0.3, 0.4) is 0 Å². The molecule has 0 aliphatic carbocycles. The summed E-state index contributed by atoms with van der Waals surface area (Å²) in [5, 5.41) is 3.33. The van der Waals surface area contributed by atoms with E-state index in [9.17, 15) is 4.79 Å². The minimum atomic E-state index is 0. The van der Waals surface area contributed by atoms with E-state index in [1.54, 1.807) is 0 Å². The van der Waals surface area contributed by atoms with Crippen LogP contribution in [0.1, 0.15) is 34.3 Å². The summed E-state index contributed by atoms with van der Waals surface area (Å²) in [7, 11) is 0. The topological polar surface area (TPSA) is 29.1 Å². The molecular formula is C12H16ClNO. The van der Waals surface area contributed by atoms with Gasteiger partial charge in [-0.2, -0.15) is 0 Å². The maximum atomic E-state index is 11.8. The number of anilines is 1. The fraction of sp³-hybridized carbons (Fsp3) is 0.417. The molecule has 2 rings (SSSR count). The Morgan fingerprint density at radius 1 is 1.27 bits per heavy atom. The average Bonchev–Trinajstić information content (AvgIpc) is 2.29. The Labute approximate surface area is 96.5 Å². The van der Waals surface area contributed by atoms with Gasteiger partial charge in [-0.3, -0.25) is 4.79 Å². The molecule has 1 aliphatic rings. The molecule has 82 valence electrons. The molecule has 1 heterocycles. The van der Waals surface area contributed by atoms with Gasteiger partial charge >= 0.3 is 0 Å². The van der Waals surface area contributed by atoms with Crippen molar-refractivity contribution in [3.05, 3.63) is 28.8 Å². The molecule has 3 heteroatoms. The van der Waals surface area contributed by atoms with Crippen molar-refractivity contribution in [2.75, 3.05) is 11.9 Å². The number of rotatable bonds is 0. The third kappa shape index (κ3) is 2.32. The van der Waals surface area contributed by atoms with Gasteiger partial charge in [0.1, 0.15) is 0 Å². The molecule has 0 bridgehead atoms. The number of carbonyl (C=O) groups excluding carboxylic acids is 1. The number of carbonyl (C=O) groups is 1. The minimum absolute atomic E-state index is 0. The molecule has 15 heavy (non-hydrogen) atoms. The van der Waals surface area contributed by atoms with Crippen molar-refractivity contribution in [1.82, 2.24) is 0 Å². The second-order valence-electron chi connectivity index (χ2n) is 3.96. The van der Waals surface area contributed by atoms with Crippen molar-refractivity contribution in [3.63, 3.8) is 0 Å². The third-order valence-electron chi connectivity index (χ3n) is 2.66.